The van der Waals surface area contributed by atoms with Crippen LogP contribution in [0.4, 0.5) is 0 Å². The van der Waals surface area contributed by atoms with Crippen molar-refractivity contribution in [1.82, 2.24) is 0 Å². The van der Waals surface area contributed by atoms with Gasteiger partial charge in [0, 0.05) is 31.8 Å². The molecule has 1 aromatic carbocycles. The smallest absolute Gasteiger partial charge is 0.308 e. The van der Waals surface area contributed by atoms with E-state index >= 15 is 0 Å². The number of esters is 1. The fraction of sp³-hybridized carbons (Fsp3) is 0.500. The summed E-state index contributed by atoms with van der Waals surface area (Å²) < 4.78 is 16.6. The van der Waals surface area contributed by atoms with E-state index in [9.17, 15) is 9.59 Å². The molecule has 1 heterocycles. The number of carbonyl (C=O) groups is 2. The zero-order valence-electron chi connectivity index (χ0n) is 14.4. The molecular formula is C20H22O5. The minimum absolute atomic E-state index is 0.0679. The Bertz CT molecular complexity index is 715. The molecule has 1 saturated carbocycles. The fourth-order valence-corrected chi connectivity index (χ4v) is 4.20. The van der Waals surface area contributed by atoms with E-state index in [0.717, 1.165) is 36.8 Å². The average molecular weight is 342 g/mol. The second-order valence-electron chi connectivity index (χ2n) is 7.25. The molecule has 2 aliphatic carbocycles. The molecule has 1 aliphatic heterocycles. The monoisotopic (exact) mass is 342 g/mol. The van der Waals surface area contributed by atoms with Gasteiger partial charge in [-0.3, -0.25) is 9.59 Å². The Balaban J connectivity index is 1.51. The Morgan fingerprint density at radius 1 is 1.04 bits per heavy atom. The maximum Gasteiger partial charge on any atom is 0.308 e. The van der Waals surface area contributed by atoms with Gasteiger partial charge in [-0.2, -0.15) is 0 Å². The molecule has 25 heavy (non-hydrogen) atoms. The van der Waals surface area contributed by atoms with E-state index in [1.54, 1.807) is 12.1 Å². The van der Waals surface area contributed by atoms with Crippen molar-refractivity contribution in [2.24, 2.45) is 5.41 Å². The number of Topliss-reactive ketones (excluding diaryl/α,β-unsaturated/α-hetero) is 1. The standard InChI is InChI=1S/C20H22O5/c1-14(21)25-16-4-2-15(3-5-16)17-12-19(13-18(17)22)6-8-20(9-7-19)23-10-11-24-20/h2-5,12H,6-11,13H2,1H3. The van der Waals surface area contributed by atoms with E-state index in [1.807, 2.05) is 12.1 Å². The van der Waals surface area contributed by atoms with E-state index in [0.29, 0.717) is 25.4 Å². The topological polar surface area (TPSA) is 61.8 Å². The van der Waals surface area contributed by atoms with E-state index in [-0.39, 0.29) is 17.2 Å². The van der Waals surface area contributed by atoms with Crippen molar-refractivity contribution in [1.29, 1.82) is 0 Å². The van der Waals surface area contributed by atoms with Gasteiger partial charge in [0.2, 0.25) is 0 Å². The Hall–Kier alpha value is -1.98. The number of hydrogen-bond donors (Lipinski definition) is 0. The summed E-state index contributed by atoms with van der Waals surface area (Å²) in [5.41, 5.74) is 1.59. The second-order valence-corrected chi connectivity index (χ2v) is 7.25. The highest BCUT2D eigenvalue weighted by Crippen LogP contribution is 2.52. The highest BCUT2D eigenvalue weighted by atomic mass is 16.7. The predicted molar refractivity (Wildman–Crippen MR) is 90.9 cm³/mol. The third-order valence-electron chi connectivity index (χ3n) is 5.51. The van der Waals surface area contributed by atoms with Gasteiger partial charge in [-0.25, -0.2) is 0 Å². The lowest BCUT2D eigenvalue weighted by Gasteiger charge is -2.40. The molecule has 5 nitrogen and oxygen atoms in total. The summed E-state index contributed by atoms with van der Waals surface area (Å²) >= 11 is 0. The summed E-state index contributed by atoms with van der Waals surface area (Å²) in [6, 6.07) is 7.14. The lowest BCUT2D eigenvalue weighted by atomic mass is 9.71. The van der Waals surface area contributed by atoms with E-state index in [2.05, 4.69) is 6.08 Å². The molecule has 0 radical (unpaired) electrons. The summed E-state index contributed by atoms with van der Waals surface area (Å²) in [6.07, 6.45) is 6.22. The summed E-state index contributed by atoms with van der Waals surface area (Å²) in [4.78, 5) is 23.6. The maximum absolute atomic E-state index is 12.6. The Kier molecular flexibility index (Phi) is 4.01. The third-order valence-corrected chi connectivity index (χ3v) is 5.51. The lowest BCUT2D eigenvalue weighted by molar-refractivity contribution is -0.188. The van der Waals surface area contributed by atoms with Crippen molar-refractivity contribution in [3.05, 3.63) is 35.9 Å². The summed E-state index contributed by atoms with van der Waals surface area (Å²) in [5.74, 6) is -0.0803. The van der Waals surface area contributed by atoms with Crippen LogP contribution < -0.4 is 4.74 Å². The molecule has 132 valence electrons. The quantitative estimate of drug-likeness (QED) is 0.610. The van der Waals surface area contributed by atoms with Crippen molar-refractivity contribution in [3.63, 3.8) is 0 Å². The lowest BCUT2D eigenvalue weighted by Crippen LogP contribution is -2.38. The molecule has 3 aliphatic rings. The maximum atomic E-state index is 12.6. The SMILES string of the molecule is CC(=O)Oc1ccc(C2=CC3(CCC4(CC3)OCCO4)CC2=O)cc1. The Morgan fingerprint density at radius 3 is 2.28 bits per heavy atom. The molecule has 1 aromatic rings. The molecule has 0 N–H and O–H groups in total. The molecule has 0 bridgehead atoms. The van der Waals surface area contributed by atoms with Crippen molar-refractivity contribution < 1.29 is 23.8 Å². The molecule has 2 fully saturated rings. The van der Waals surface area contributed by atoms with Crippen LogP contribution in [0.25, 0.3) is 5.57 Å². The molecule has 4 rings (SSSR count). The zero-order chi connectivity index (χ0) is 17.5. The molecule has 5 heteroatoms. The number of rotatable bonds is 2. The van der Waals surface area contributed by atoms with E-state index < -0.39 is 5.79 Å². The molecule has 0 unspecified atom stereocenters. The zero-order valence-corrected chi connectivity index (χ0v) is 14.4. The third kappa shape index (κ3) is 3.14. The number of carbonyl (C=O) groups excluding carboxylic acids is 2. The molecular weight excluding hydrogens is 320 g/mol. The van der Waals surface area contributed by atoms with Crippen LogP contribution in [-0.4, -0.2) is 30.8 Å². The number of ether oxygens (including phenoxy) is 3. The summed E-state index contributed by atoms with van der Waals surface area (Å²) in [5, 5.41) is 0. The van der Waals surface area contributed by atoms with Crippen LogP contribution in [0.3, 0.4) is 0 Å². The first-order valence-electron chi connectivity index (χ1n) is 8.82. The van der Waals surface area contributed by atoms with Gasteiger partial charge in [0.15, 0.2) is 11.6 Å². The van der Waals surface area contributed by atoms with Crippen LogP contribution in [0.15, 0.2) is 30.3 Å². The van der Waals surface area contributed by atoms with Gasteiger partial charge in [-0.15, -0.1) is 0 Å². The van der Waals surface area contributed by atoms with Gasteiger partial charge in [0.1, 0.15) is 5.75 Å². The molecule has 0 amide bonds. The van der Waals surface area contributed by atoms with Crippen LogP contribution in [0.5, 0.6) is 5.75 Å². The van der Waals surface area contributed by atoms with Gasteiger partial charge < -0.3 is 14.2 Å². The van der Waals surface area contributed by atoms with Crippen LogP contribution in [-0.2, 0) is 19.1 Å². The number of benzene rings is 1. The number of hydrogen-bond acceptors (Lipinski definition) is 5. The second kappa shape index (κ2) is 6.07. The van der Waals surface area contributed by atoms with Gasteiger partial charge in [-0.1, -0.05) is 18.2 Å². The minimum Gasteiger partial charge on any atom is -0.427 e. The van der Waals surface area contributed by atoms with Crippen molar-refractivity contribution in [3.8, 4) is 5.75 Å². The number of allylic oxidation sites excluding steroid dienone is 2. The first kappa shape index (κ1) is 16.5. The predicted octanol–water partition coefficient (Wildman–Crippen LogP) is 3.27. The molecule has 2 spiro atoms. The first-order chi connectivity index (χ1) is 12.0. The summed E-state index contributed by atoms with van der Waals surface area (Å²) in [6.45, 7) is 2.71. The average Bonchev–Trinajstić information content (AvgIpc) is 3.17. The molecule has 0 atom stereocenters. The van der Waals surface area contributed by atoms with Gasteiger partial charge >= 0.3 is 5.97 Å². The van der Waals surface area contributed by atoms with E-state index in [4.69, 9.17) is 14.2 Å². The normalized spacial score (nSPS) is 23.9. The van der Waals surface area contributed by atoms with Gasteiger partial charge in [0.25, 0.3) is 0 Å². The Labute approximate surface area is 146 Å². The number of ketones is 1. The van der Waals surface area contributed by atoms with Crippen LogP contribution in [0.1, 0.15) is 44.6 Å². The minimum atomic E-state index is -0.406. The van der Waals surface area contributed by atoms with Crippen LogP contribution in [0, 0.1) is 5.41 Å². The highest BCUT2D eigenvalue weighted by Gasteiger charge is 2.48. The first-order valence-corrected chi connectivity index (χ1v) is 8.82. The van der Waals surface area contributed by atoms with Crippen LogP contribution >= 0.6 is 0 Å². The Morgan fingerprint density at radius 2 is 1.68 bits per heavy atom. The van der Waals surface area contributed by atoms with Crippen molar-refractivity contribution >= 4 is 17.3 Å². The molecule has 1 saturated heterocycles. The fourth-order valence-electron chi connectivity index (χ4n) is 4.20. The molecule has 0 aromatic heterocycles. The van der Waals surface area contributed by atoms with Gasteiger partial charge in [0.05, 0.1) is 13.2 Å². The van der Waals surface area contributed by atoms with Crippen LogP contribution in [0.2, 0.25) is 0 Å². The van der Waals surface area contributed by atoms with Crippen molar-refractivity contribution in [2.75, 3.05) is 13.2 Å². The van der Waals surface area contributed by atoms with Gasteiger partial charge in [-0.05, 0) is 36.0 Å². The summed E-state index contributed by atoms with van der Waals surface area (Å²) in [7, 11) is 0. The highest BCUT2D eigenvalue weighted by molar-refractivity contribution is 6.23. The van der Waals surface area contributed by atoms with E-state index in [1.165, 1.54) is 6.92 Å². The largest absolute Gasteiger partial charge is 0.427 e. The van der Waals surface area contributed by atoms with Crippen molar-refractivity contribution in [2.45, 2.75) is 44.8 Å².